The molecule has 0 bridgehead atoms. The highest BCUT2D eigenvalue weighted by Crippen LogP contribution is 2.11. The average molecular weight is 215 g/mol. The van der Waals surface area contributed by atoms with Gasteiger partial charge in [-0.25, -0.2) is 4.39 Å². The van der Waals surface area contributed by atoms with Gasteiger partial charge in [-0.1, -0.05) is 18.2 Å². The Kier molecular flexibility index (Phi) is 2.77. The van der Waals surface area contributed by atoms with Gasteiger partial charge in [0.05, 0.1) is 5.56 Å². The molecule has 2 aromatic rings. The Labute approximate surface area is 92.8 Å². The molecule has 1 aromatic carbocycles. The lowest BCUT2D eigenvalue weighted by atomic mass is 10.1. The molecule has 0 saturated heterocycles. The van der Waals surface area contributed by atoms with Gasteiger partial charge in [-0.05, 0) is 30.7 Å². The average Bonchev–Trinajstić information content (AvgIpc) is 2.30. The van der Waals surface area contributed by atoms with E-state index in [0.717, 1.165) is 5.56 Å². The number of benzene rings is 1. The molecular weight excluding hydrogens is 205 g/mol. The maximum absolute atomic E-state index is 13.4. The van der Waals surface area contributed by atoms with Crippen molar-refractivity contribution >= 4 is 5.78 Å². The van der Waals surface area contributed by atoms with Crippen LogP contribution in [0.5, 0.6) is 0 Å². The Bertz CT molecular complexity index is 520. The number of hydrogen-bond acceptors (Lipinski definition) is 2. The zero-order valence-electron chi connectivity index (χ0n) is 8.77. The quantitative estimate of drug-likeness (QED) is 0.721. The molecule has 0 aliphatic heterocycles. The van der Waals surface area contributed by atoms with E-state index in [1.807, 2.05) is 6.92 Å². The molecular formula is C13H10FNO. The van der Waals surface area contributed by atoms with Crippen LogP contribution in [-0.2, 0) is 0 Å². The SMILES string of the molecule is Cc1ccc(C(=O)c2ccccc2F)nc1. The van der Waals surface area contributed by atoms with Crippen molar-refractivity contribution in [3.05, 3.63) is 65.2 Å². The van der Waals surface area contributed by atoms with Crippen molar-refractivity contribution in [3.63, 3.8) is 0 Å². The third-order valence-corrected chi connectivity index (χ3v) is 2.26. The van der Waals surface area contributed by atoms with Gasteiger partial charge < -0.3 is 0 Å². The Balaban J connectivity index is 2.40. The Morgan fingerprint density at radius 3 is 2.56 bits per heavy atom. The van der Waals surface area contributed by atoms with Gasteiger partial charge in [0.25, 0.3) is 0 Å². The van der Waals surface area contributed by atoms with Crippen molar-refractivity contribution in [2.24, 2.45) is 0 Å². The third kappa shape index (κ3) is 1.98. The van der Waals surface area contributed by atoms with E-state index in [4.69, 9.17) is 0 Å². The number of hydrogen-bond donors (Lipinski definition) is 0. The molecule has 80 valence electrons. The molecule has 16 heavy (non-hydrogen) atoms. The predicted molar refractivity (Wildman–Crippen MR) is 58.8 cm³/mol. The van der Waals surface area contributed by atoms with E-state index in [0.29, 0.717) is 0 Å². The van der Waals surface area contributed by atoms with Crippen molar-refractivity contribution in [2.75, 3.05) is 0 Å². The Morgan fingerprint density at radius 2 is 1.94 bits per heavy atom. The lowest BCUT2D eigenvalue weighted by Crippen LogP contribution is -2.06. The third-order valence-electron chi connectivity index (χ3n) is 2.26. The van der Waals surface area contributed by atoms with Crippen LogP contribution in [0.2, 0.25) is 0 Å². The summed E-state index contributed by atoms with van der Waals surface area (Å²) in [6, 6.07) is 9.28. The lowest BCUT2D eigenvalue weighted by molar-refractivity contribution is 0.103. The van der Waals surface area contributed by atoms with Crippen molar-refractivity contribution in [2.45, 2.75) is 6.92 Å². The Hall–Kier alpha value is -2.03. The van der Waals surface area contributed by atoms with Gasteiger partial charge >= 0.3 is 0 Å². The molecule has 3 heteroatoms. The summed E-state index contributed by atoms with van der Waals surface area (Å²) in [6.45, 7) is 1.88. The summed E-state index contributed by atoms with van der Waals surface area (Å²) in [6.07, 6.45) is 1.59. The fourth-order valence-electron chi connectivity index (χ4n) is 1.39. The van der Waals surface area contributed by atoms with Gasteiger partial charge in [-0.15, -0.1) is 0 Å². The van der Waals surface area contributed by atoms with E-state index in [1.165, 1.54) is 12.1 Å². The van der Waals surface area contributed by atoms with Gasteiger partial charge in [0.1, 0.15) is 11.5 Å². The second-order valence-electron chi connectivity index (χ2n) is 3.53. The van der Waals surface area contributed by atoms with Crippen LogP contribution in [0.4, 0.5) is 4.39 Å². The van der Waals surface area contributed by atoms with Gasteiger partial charge in [-0.3, -0.25) is 9.78 Å². The number of halogens is 1. The zero-order chi connectivity index (χ0) is 11.5. The smallest absolute Gasteiger partial charge is 0.214 e. The first-order valence-corrected chi connectivity index (χ1v) is 4.90. The van der Waals surface area contributed by atoms with Crippen LogP contribution in [0.3, 0.4) is 0 Å². The first-order chi connectivity index (χ1) is 7.68. The van der Waals surface area contributed by atoms with E-state index in [-0.39, 0.29) is 11.3 Å². The summed E-state index contributed by atoms with van der Waals surface area (Å²) >= 11 is 0. The van der Waals surface area contributed by atoms with Gasteiger partial charge in [0.2, 0.25) is 5.78 Å². The van der Waals surface area contributed by atoms with Crippen molar-refractivity contribution in [1.82, 2.24) is 4.98 Å². The number of pyridine rings is 1. The van der Waals surface area contributed by atoms with E-state index in [1.54, 1.807) is 30.5 Å². The largest absolute Gasteiger partial charge is 0.287 e. The van der Waals surface area contributed by atoms with Gasteiger partial charge in [0.15, 0.2) is 0 Å². The number of ketones is 1. The van der Waals surface area contributed by atoms with E-state index in [9.17, 15) is 9.18 Å². The number of rotatable bonds is 2. The normalized spacial score (nSPS) is 10.1. The summed E-state index contributed by atoms with van der Waals surface area (Å²) in [7, 11) is 0. The van der Waals surface area contributed by atoms with Crippen LogP contribution in [0, 0.1) is 12.7 Å². The van der Waals surface area contributed by atoms with Crippen molar-refractivity contribution in [3.8, 4) is 0 Å². The first-order valence-electron chi connectivity index (χ1n) is 4.90. The minimum absolute atomic E-state index is 0.0545. The summed E-state index contributed by atoms with van der Waals surface area (Å²) in [5.41, 5.74) is 1.28. The molecule has 0 atom stereocenters. The predicted octanol–water partition coefficient (Wildman–Crippen LogP) is 2.76. The second-order valence-corrected chi connectivity index (χ2v) is 3.53. The highest BCUT2D eigenvalue weighted by Gasteiger charge is 2.13. The lowest BCUT2D eigenvalue weighted by Gasteiger charge is -2.01. The molecule has 0 aliphatic rings. The van der Waals surface area contributed by atoms with Crippen LogP contribution in [0.25, 0.3) is 0 Å². The fourth-order valence-corrected chi connectivity index (χ4v) is 1.39. The number of carbonyl (C=O) groups is 1. The molecule has 0 radical (unpaired) electrons. The minimum atomic E-state index is -0.519. The molecule has 2 rings (SSSR count). The van der Waals surface area contributed by atoms with Crippen molar-refractivity contribution < 1.29 is 9.18 Å². The van der Waals surface area contributed by atoms with E-state index >= 15 is 0 Å². The summed E-state index contributed by atoms with van der Waals surface area (Å²) in [5, 5.41) is 0. The summed E-state index contributed by atoms with van der Waals surface area (Å²) in [4.78, 5) is 15.9. The first kappa shape index (κ1) is 10.5. The number of aryl methyl sites for hydroxylation is 1. The van der Waals surface area contributed by atoms with Crippen LogP contribution in [0.1, 0.15) is 21.6 Å². The number of nitrogens with zero attached hydrogens (tertiary/aromatic N) is 1. The highest BCUT2D eigenvalue weighted by atomic mass is 19.1. The van der Waals surface area contributed by atoms with Gasteiger partial charge in [0, 0.05) is 6.20 Å². The molecule has 0 amide bonds. The maximum atomic E-state index is 13.4. The standard InChI is InChI=1S/C13H10FNO/c1-9-6-7-12(15-8-9)13(16)10-4-2-3-5-11(10)14/h2-8H,1H3. The molecule has 0 N–H and O–H groups in total. The Morgan fingerprint density at radius 1 is 1.19 bits per heavy atom. The molecule has 2 nitrogen and oxygen atoms in total. The number of aromatic nitrogens is 1. The molecule has 0 fully saturated rings. The maximum Gasteiger partial charge on any atom is 0.214 e. The summed E-state index contributed by atoms with van der Waals surface area (Å²) < 4.78 is 13.4. The topological polar surface area (TPSA) is 30.0 Å². The molecule has 1 aromatic heterocycles. The minimum Gasteiger partial charge on any atom is -0.287 e. The highest BCUT2D eigenvalue weighted by molar-refractivity contribution is 6.07. The molecule has 1 heterocycles. The molecule has 0 spiro atoms. The van der Waals surface area contributed by atoms with Crippen LogP contribution in [-0.4, -0.2) is 10.8 Å². The van der Waals surface area contributed by atoms with Crippen LogP contribution in [0.15, 0.2) is 42.6 Å². The number of carbonyl (C=O) groups excluding carboxylic acids is 1. The van der Waals surface area contributed by atoms with E-state index < -0.39 is 11.6 Å². The molecule has 0 unspecified atom stereocenters. The molecule has 0 saturated carbocycles. The van der Waals surface area contributed by atoms with Crippen molar-refractivity contribution in [1.29, 1.82) is 0 Å². The fraction of sp³-hybridized carbons (Fsp3) is 0.0769. The van der Waals surface area contributed by atoms with Crippen LogP contribution < -0.4 is 0 Å². The molecule has 0 aliphatic carbocycles. The monoisotopic (exact) mass is 215 g/mol. The summed E-state index contributed by atoms with van der Waals surface area (Å²) in [5.74, 6) is -0.909. The van der Waals surface area contributed by atoms with E-state index in [2.05, 4.69) is 4.98 Å². The van der Waals surface area contributed by atoms with Crippen LogP contribution >= 0.6 is 0 Å². The second kappa shape index (κ2) is 4.23. The zero-order valence-corrected chi connectivity index (χ0v) is 8.77. The van der Waals surface area contributed by atoms with Gasteiger partial charge in [-0.2, -0.15) is 0 Å².